The monoisotopic (exact) mass is 270 g/mol. The molecule has 1 atom stereocenters. The van der Waals surface area contributed by atoms with Gasteiger partial charge in [0.2, 0.25) is 0 Å². The molecule has 0 bridgehead atoms. The first-order chi connectivity index (χ1) is 8.48. The Morgan fingerprint density at radius 1 is 1.50 bits per heavy atom. The molecule has 0 aromatic carbocycles. The Morgan fingerprint density at radius 3 is 2.94 bits per heavy atom. The lowest BCUT2D eigenvalue weighted by molar-refractivity contribution is 0.0697. The quantitative estimate of drug-likeness (QED) is 0.842. The lowest BCUT2D eigenvalue weighted by Gasteiger charge is -2.23. The Hall–Kier alpha value is -1.63. The van der Waals surface area contributed by atoms with Gasteiger partial charge in [-0.25, -0.2) is 18.2 Å². The minimum atomic E-state index is -3.02. The predicted octanol–water partition coefficient (Wildman–Crippen LogP) is 0.769. The standard InChI is InChI=1S/C11H14N2O4S/c14-11(15)9-4-1-5-12-10(9)13-8-3-2-6-18(16,17)7-8/h1,4-5,8H,2-3,6-7H2,(H,12,13)(H,14,15). The van der Waals surface area contributed by atoms with Gasteiger partial charge in [0.1, 0.15) is 11.4 Å². The van der Waals surface area contributed by atoms with E-state index in [0.29, 0.717) is 12.8 Å². The van der Waals surface area contributed by atoms with Crippen molar-refractivity contribution in [3.8, 4) is 0 Å². The normalized spacial score (nSPS) is 22.3. The first-order valence-electron chi connectivity index (χ1n) is 5.63. The summed E-state index contributed by atoms with van der Waals surface area (Å²) in [5.41, 5.74) is 0.0560. The third kappa shape index (κ3) is 2.98. The van der Waals surface area contributed by atoms with E-state index >= 15 is 0 Å². The van der Waals surface area contributed by atoms with Crippen molar-refractivity contribution >= 4 is 21.6 Å². The molecule has 6 nitrogen and oxygen atoms in total. The molecule has 0 aliphatic carbocycles. The maximum absolute atomic E-state index is 11.5. The number of anilines is 1. The van der Waals surface area contributed by atoms with Gasteiger partial charge in [-0.2, -0.15) is 0 Å². The molecule has 18 heavy (non-hydrogen) atoms. The summed E-state index contributed by atoms with van der Waals surface area (Å²) in [5.74, 6) is -0.613. The largest absolute Gasteiger partial charge is 0.478 e. The highest BCUT2D eigenvalue weighted by Gasteiger charge is 2.25. The Balaban J connectivity index is 2.17. The zero-order chi connectivity index (χ0) is 13.2. The SMILES string of the molecule is O=C(O)c1cccnc1NC1CCCS(=O)(=O)C1. The van der Waals surface area contributed by atoms with E-state index in [-0.39, 0.29) is 28.9 Å². The average molecular weight is 270 g/mol. The van der Waals surface area contributed by atoms with Gasteiger partial charge in [0.15, 0.2) is 9.84 Å². The highest BCUT2D eigenvalue weighted by molar-refractivity contribution is 7.91. The number of hydrogen-bond donors (Lipinski definition) is 2. The first kappa shape index (κ1) is 12.8. The summed E-state index contributed by atoms with van der Waals surface area (Å²) in [7, 11) is -3.02. The molecule has 98 valence electrons. The molecule has 2 rings (SSSR count). The number of carboxylic acid groups (broad SMARTS) is 1. The molecule has 1 aromatic heterocycles. The fourth-order valence-corrected chi connectivity index (χ4v) is 3.66. The summed E-state index contributed by atoms with van der Waals surface area (Å²) in [6.45, 7) is 0. The first-order valence-corrected chi connectivity index (χ1v) is 7.45. The van der Waals surface area contributed by atoms with Crippen LogP contribution in [-0.4, -0.2) is 42.0 Å². The minimum Gasteiger partial charge on any atom is -0.478 e. The van der Waals surface area contributed by atoms with Crippen LogP contribution in [0.2, 0.25) is 0 Å². The van der Waals surface area contributed by atoms with Gasteiger partial charge in [-0.1, -0.05) is 0 Å². The van der Waals surface area contributed by atoms with Crippen LogP contribution in [0.1, 0.15) is 23.2 Å². The Labute approximate surface area is 105 Å². The number of pyridine rings is 1. The Bertz CT molecular complexity index is 556. The molecular weight excluding hydrogens is 256 g/mol. The van der Waals surface area contributed by atoms with E-state index in [0.717, 1.165) is 0 Å². The topological polar surface area (TPSA) is 96.4 Å². The number of nitrogens with one attached hydrogen (secondary N) is 1. The summed E-state index contributed by atoms with van der Waals surface area (Å²) < 4.78 is 23.0. The van der Waals surface area contributed by atoms with Crippen LogP contribution < -0.4 is 5.32 Å². The second kappa shape index (κ2) is 4.93. The molecule has 0 saturated carbocycles. The van der Waals surface area contributed by atoms with Crippen LogP contribution in [0.3, 0.4) is 0 Å². The molecule has 1 fully saturated rings. The van der Waals surface area contributed by atoms with Crippen LogP contribution in [-0.2, 0) is 9.84 Å². The molecule has 1 aromatic rings. The molecular formula is C11H14N2O4S. The fraction of sp³-hybridized carbons (Fsp3) is 0.455. The lowest BCUT2D eigenvalue weighted by Crippen LogP contribution is -2.35. The summed E-state index contributed by atoms with van der Waals surface area (Å²) in [6, 6.07) is 2.71. The van der Waals surface area contributed by atoms with Crippen molar-refractivity contribution in [2.45, 2.75) is 18.9 Å². The Kier molecular flexibility index (Phi) is 3.51. The highest BCUT2D eigenvalue weighted by Crippen LogP contribution is 2.18. The fourth-order valence-electron chi connectivity index (χ4n) is 2.02. The maximum atomic E-state index is 11.5. The molecule has 0 spiro atoms. The molecule has 0 radical (unpaired) electrons. The van der Waals surface area contributed by atoms with Crippen LogP contribution >= 0.6 is 0 Å². The number of hydrogen-bond acceptors (Lipinski definition) is 5. The van der Waals surface area contributed by atoms with E-state index < -0.39 is 15.8 Å². The second-order valence-corrected chi connectivity index (χ2v) is 6.53. The number of sulfone groups is 1. The third-order valence-electron chi connectivity index (χ3n) is 2.84. The highest BCUT2D eigenvalue weighted by atomic mass is 32.2. The van der Waals surface area contributed by atoms with E-state index in [9.17, 15) is 13.2 Å². The van der Waals surface area contributed by atoms with Crippen LogP contribution in [0.4, 0.5) is 5.82 Å². The van der Waals surface area contributed by atoms with Crippen LogP contribution in [0, 0.1) is 0 Å². The predicted molar refractivity (Wildman–Crippen MR) is 66.5 cm³/mol. The summed E-state index contributed by atoms with van der Waals surface area (Å²) in [4.78, 5) is 14.9. The second-order valence-electron chi connectivity index (χ2n) is 4.30. The van der Waals surface area contributed by atoms with Crippen molar-refractivity contribution in [1.82, 2.24) is 4.98 Å². The van der Waals surface area contributed by atoms with Gasteiger partial charge >= 0.3 is 5.97 Å². The van der Waals surface area contributed by atoms with E-state index in [1.807, 2.05) is 0 Å². The van der Waals surface area contributed by atoms with Crippen molar-refractivity contribution in [3.05, 3.63) is 23.9 Å². The Morgan fingerprint density at radius 2 is 2.28 bits per heavy atom. The van der Waals surface area contributed by atoms with Gasteiger partial charge in [0.25, 0.3) is 0 Å². The number of rotatable bonds is 3. The van der Waals surface area contributed by atoms with Gasteiger partial charge in [0.05, 0.1) is 11.5 Å². The number of carbonyl (C=O) groups is 1. The van der Waals surface area contributed by atoms with Crippen molar-refractivity contribution in [2.24, 2.45) is 0 Å². The number of aromatic nitrogens is 1. The van der Waals surface area contributed by atoms with Gasteiger partial charge < -0.3 is 10.4 Å². The van der Waals surface area contributed by atoms with E-state index in [4.69, 9.17) is 5.11 Å². The van der Waals surface area contributed by atoms with Gasteiger partial charge in [-0.05, 0) is 25.0 Å². The number of nitrogens with zero attached hydrogens (tertiary/aromatic N) is 1. The molecule has 2 heterocycles. The van der Waals surface area contributed by atoms with Crippen LogP contribution in [0.25, 0.3) is 0 Å². The van der Waals surface area contributed by atoms with Crippen molar-refractivity contribution in [1.29, 1.82) is 0 Å². The smallest absolute Gasteiger partial charge is 0.339 e. The molecule has 2 N–H and O–H groups in total. The zero-order valence-corrected chi connectivity index (χ0v) is 10.5. The summed E-state index contributed by atoms with van der Waals surface area (Å²) >= 11 is 0. The van der Waals surface area contributed by atoms with Gasteiger partial charge in [0, 0.05) is 12.2 Å². The molecule has 0 amide bonds. The van der Waals surface area contributed by atoms with Crippen molar-refractivity contribution in [2.75, 3.05) is 16.8 Å². The summed E-state index contributed by atoms with van der Waals surface area (Å²) in [5, 5.41) is 11.9. The van der Waals surface area contributed by atoms with E-state index in [2.05, 4.69) is 10.3 Å². The molecule has 1 aliphatic rings. The maximum Gasteiger partial charge on any atom is 0.339 e. The van der Waals surface area contributed by atoms with Gasteiger partial charge in [-0.3, -0.25) is 0 Å². The van der Waals surface area contributed by atoms with Crippen molar-refractivity contribution < 1.29 is 18.3 Å². The van der Waals surface area contributed by atoms with Crippen LogP contribution in [0.5, 0.6) is 0 Å². The minimum absolute atomic E-state index is 0.0304. The molecule has 1 unspecified atom stereocenters. The number of carboxylic acids is 1. The third-order valence-corrected chi connectivity index (χ3v) is 4.66. The van der Waals surface area contributed by atoms with Gasteiger partial charge in [-0.15, -0.1) is 0 Å². The molecule has 1 saturated heterocycles. The lowest BCUT2D eigenvalue weighted by atomic mass is 10.1. The molecule has 1 aliphatic heterocycles. The summed E-state index contributed by atoms with van der Waals surface area (Å²) in [6.07, 6.45) is 2.77. The average Bonchev–Trinajstić information content (AvgIpc) is 2.28. The number of aromatic carboxylic acids is 1. The molecule has 7 heteroatoms. The zero-order valence-electron chi connectivity index (χ0n) is 9.67. The van der Waals surface area contributed by atoms with E-state index in [1.54, 1.807) is 0 Å². The van der Waals surface area contributed by atoms with E-state index in [1.165, 1.54) is 18.3 Å². The van der Waals surface area contributed by atoms with Crippen molar-refractivity contribution in [3.63, 3.8) is 0 Å². The van der Waals surface area contributed by atoms with Crippen LogP contribution in [0.15, 0.2) is 18.3 Å².